The number of aldehydes is 1. The molecule has 1 saturated heterocycles. The molecule has 0 spiro atoms. The van der Waals surface area contributed by atoms with Crippen molar-refractivity contribution in [2.75, 3.05) is 32.0 Å². The summed E-state index contributed by atoms with van der Waals surface area (Å²) in [5.41, 5.74) is 2.65. The fraction of sp³-hybridized carbons (Fsp3) is 0.400. The number of hydrogen-bond acceptors (Lipinski definition) is 7. The standard InChI is InChI=1S/C25H28N6O.C5H10O/c1-3-30-15-7-8-19(16-30)31-25-22(24(26-2)27-17-28-25)23(29-31)18-11-13-21(14-12-18)32-20-9-5-4-6-10-20;1-5(2,3)4-6/h4-6,9-14,17,19H,3,7-8,15-16H2,1-2H3,(H,26,27,28);4H,1-3H3. The van der Waals surface area contributed by atoms with Crippen molar-refractivity contribution in [3.05, 3.63) is 60.9 Å². The minimum absolute atomic E-state index is 0.139. The molecule has 1 unspecified atom stereocenters. The molecule has 200 valence electrons. The van der Waals surface area contributed by atoms with E-state index >= 15 is 0 Å². The van der Waals surface area contributed by atoms with Gasteiger partial charge in [0.1, 0.15) is 35.6 Å². The Hall–Kier alpha value is -3.78. The minimum Gasteiger partial charge on any atom is -0.457 e. The highest BCUT2D eigenvalue weighted by molar-refractivity contribution is 5.99. The number of nitrogens with one attached hydrogen (secondary N) is 1. The molecule has 1 atom stereocenters. The Kier molecular flexibility index (Phi) is 8.73. The van der Waals surface area contributed by atoms with Crippen molar-refractivity contribution >= 4 is 23.1 Å². The molecule has 0 amide bonds. The van der Waals surface area contributed by atoms with Crippen molar-refractivity contribution in [2.45, 2.75) is 46.6 Å². The molecule has 0 radical (unpaired) electrons. The largest absolute Gasteiger partial charge is 0.457 e. The number of para-hydroxylation sites is 1. The Morgan fingerprint density at radius 1 is 1.05 bits per heavy atom. The van der Waals surface area contributed by atoms with Gasteiger partial charge in [-0.15, -0.1) is 0 Å². The number of anilines is 1. The van der Waals surface area contributed by atoms with E-state index in [1.165, 1.54) is 6.42 Å². The number of benzene rings is 2. The fourth-order valence-corrected chi connectivity index (χ4v) is 4.44. The second kappa shape index (κ2) is 12.2. The molecule has 8 nitrogen and oxygen atoms in total. The number of piperidine rings is 1. The normalized spacial score (nSPS) is 16.0. The fourth-order valence-electron chi connectivity index (χ4n) is 4.44. The number of rotatable bonds is 6. The number of aromatic nitrogens is 4. The van der Waals surface area contributed by atoms with Gasteiger partial charge in [0.25, 0.3) is 0 Å². The second-order valence-corrected chi connectivity index (χ2v) is 10.6. The van der Waals surface area contributed by atoms with Gasteiger partial charge in [-0.05, 0) is 62.3 Å². The Bertz CT molecular complexity index is 1330. The molecule has 8 heteroatoms. The third kappa shape index (κ3) is 6.55. The van der Waals surface area contributed by atoms with E-state index in [1.54, 1.807) is 6.33 Å². The maximum Gasteiger partial charge on any atom is 0.164 e. The minimum atomic E-state index is -0.139. The van der Waals surface area contributed by atoms with Gasteiger partial charge in [-0.1, -0.05) is 45.9 Å². The number of hydrogen-bond donors (Lipinski definition) is 1. The average Bonchev–Trinajstić information content (AvgIpc) is 3.34. The number of likely N-dealkylation sites (N-methyl/N-ethyl adjacent to an activating group) is 1. The smallest absolute Gasteiger partial charge is 0.164 e. The number of nitrogens with zero attached hydrogens (tertiary/aromatic N) is 5. The van der Waals surface area contributed by atoms with Crippen LogP contribution in [-0.4, -0.2) is 57.6 Å². The van der Waals surface area contributed by atoms with Crippen LogP contribution in [0.15, 0.2) is 60.9 Å². The monoisotopic (exact) mass is 514 g/mol. The summed E-state index contributed by atoms with van der Waals surface area (Å²) < 4.78 is 8.07. The lowest BCUT2D eigenvalue weighted by Crippen LogP contribution is -2.36. The molecule has 38 heavy (non-hydrogen) atoms. The van der Waals surface area contributed by atoms with E-state index in [2.05, 4.69) is 43.9 Å². The van der Waals surface area contributed by atoms with Gasteiger partial charge < -0.3 is 19.7 Å². The molecular formula is C30H38N6O2. The van der Waals surface area contributed by atoms with Crippen LogP contribution in [0.2, 0.25) is 0 Å². The SMILES string of the molecule is CC(C)(C)C=O.CCN1CCCC(n2nc(-c3ccc(Oc4ccccc4)cc3)c3c(NC)ncnc32)C1. The summed E-state index contributed by atoms with van der Waals surface area (Å²) in [4.78, 5) is 21.4. The van der Waals surface area contributed by atoms with Crippen LogP contribution >= 0.6 is 0 Å². The summed E-state index contributed by atoms with van der Waals surface area (Å²) in [5.74, 6) is 2.40. The summed E-state index contributed by atoms with van der Waals surface area (Å²) >= 11 is 0. The number of fused-ring (bicyclic) bond motifs is 1. The van der Waals surface area contributed by atoms with Gasteiger partial charge in [-0.25, -0.2) is 14.6 Å². The quantitative estimate of drug-likeness (QED) is 0.306. The lowest BCUT2D eigenvalue weighted by molar-refractivity contribution is -0.113. The van der Waals surface area contributed by atoms with Gasteiger partial charge in [-0.3, -0.25) is 0 Å². The maximum absolute atomic E-state index is 9.83. The van der Waals surface area contributed by atoms with E-state index in [4.69, 9.17) is 9.84 Å². The third-order valence-corrected chi connectivity index (χ3v) is 6.46. The molecule has 1 fully saturated rings. The molecule has 2 aromatic carbocycles. The van der Waals surface area contributed by atoms with E-state index in [0.717, 1.165) is 71.9 Å². The Balaban J connectivity index is 0.000000505. The van der Waals surface area contributed by atoms with Crippen LogP contribution in [0.1, 0.15) is 46.6 Å². The van der Waals surface area contributed by atoms with Gasteiger partial charge in [-0.2, -0.15) is 5.10 Å². The molecular weight excluding hydrogens is 476 g/mol. The van der Waals surface area contributed by atoms with Gasteiger partial charge in [0, 0.05) is 24.6 Å². The van der Waals surface area contributed by atoms with Crippen molar-refractivity contribution < 1.29 is 9.53 Å². The van der Waals surface area contributed by atoms with Gasteiger partial charge in [0.15, 0.2) is 5.65 Å². The zero-order chi connectivity index (χ0) is 27.1. The molecule has 1 N–H and O–H groups in total. The van der Waals surface area contributed by atoms with Crippen LogP contribution in [0, 0.1) is 5.41 Å². The maximum atomic E-state index is 9.83. The number of likely N-dealkylation sites (tertiary alicyclic amines) is 1. The molecule has 0 aliphatic carbocycles. The van der Waals surface area contributed by atoms with Crippen LogP contribution in [0.5, 0.6) is 11.5 Å². The first-order valence-corrected chi connectivity index (χ1v) is 13.3. The third-order valence-electron chi connectivity index (χ3n) is 6.46. The molecule has 2 aromatic heterocycles. The van der Waals surface area contributed by atoms with E-state index in [9.17, 15) is 4.79 Å². The zero-order valence-corrected chi connectivity index (χ0v) is 23.0. The highest BCUT2D eigenvalue weighted by Crippen LogP contribution is 2.35. The molecule has 1 aliphatic rings. The molecule has 4 aromatic rings. The van der Waals surface area contributed by atoms with E-state index in [-0.39, 0.29) is 5.41 Å². The van der Waals surface area contributed by atoms with Gasteiger partial charge in [0.2, 0.25) is 0 Å². The van der Waals surface area contributed by atoms with Gasteiger partial charge in [0.05, 0.1) is 11.4 Å². The summed E-state index contributed by atoms with van der Waals surface area (Å²) in [6, 6.07) is 18.2. The van der Waals surface area contributed by atoms with Crippen LogP contribution in [-0.2, 0) is 4.79 Å². The van der Waals surface area contributed by atoms with Gasteiger partial charge >= 0.3 is 0 Å². The van der Waals surface area contributed by atoms with Crippen LogP contribution in [0.3, 0.4) is 0 Å². The van der Waals surface area contributed by atoms with E-state index in [1.807, 2.05) is 70.3 Å². The van der Waals surface area contributed by atoms with Crippen molar-refractivity contribution in [1.29, 1.82) is 0 Å². The number of carbonyl (C=O) groups is 1. The zero-order valence-electron chi connectivity index (χ0n) is 23.0. The second-order valence-electron chi connectivity index (χ2n) is 10.6. The lowest BCUT2D eigenvalue weighted by atomic mass is 10.0. The summed E-state index contributed by atoms with van der Waals surface area (Å²) in [7, 11) is 1.89. The van der Waals surface area contributed by atoms with Crippen molar-refractivity contribution in [1.82, 2.24) is 24.6 Å². The average molecular weight is 515 g/mol. The van der Waals surface area contributed by atoms with Crippen molar-refractivity contribution in [3.63, 3.8) is 0 Å². The van der Waals surface area contributed by atoms with Crippen LogP contribution < -0.4 is 10.1 Å². The highest BCUT2D eigenvalue weighted by atomic mass is 16.5. The van der Waals surface area contributed by atoms with Crippen molar-refractivity contribution in [2.24, 2.45) is 5.41 Å². The first-order valence-electron chi connectivity index (χ1n) is 13.3. The van der Waals surface area contributed by atoms with E-state index < -0.39 is 0 Å². The predicted molar refractivity (Wildman–Crippen MR) is 153 cm³/mol. The first kappa shape index (κ1) is 27.3. The van der Waals surface area contributed by atoms with Crippen LogP contribution in [0.4, 0.5) is 5.82 Å². The highest BCUT2D eigenvalue weighted by Gasteiger charge is 2.26. The van der Waals surface area contributed by atoms with Crippen molar-refractivity contribution in [3.8, 4) is 22.8 Å². The number of ether oxygens (including phenoxy) is 1. The predicted octanol–water partition coefficient (Wildman–Crippen LogP) is 6.22. The summed E-state index contributed by atoms with van der Waals surface area (Å²) in [6.07, 6.45) is 4.83. The molecule has 5 rings (SSSR count). The molecule has 0 bridgehead atoms. The Morgan fingerprint density at radius 2 is 1.74 bits per heavy atom. The summed E-state index contributed by atoms with van der Waals surface area (Å²) in [6.45, 7) is 11.0. The van der Waals surface area contributed by atoms with E-state index in [0.29, 0.717) is 6.04 Å². The lowest BCUT2D eigenvalue weighted by Gasteiger charge is -2.31. The first-order chi connectivity index (χ1) is 18.3. The number of carbonyl (C=O) groups excluding carboxylic acids is 1. The Labute approximate surface area is 225 Å². The molecule has 1 aliphatic heterocycles. The molecule has 0 saturated carbocycles. The molecule has 3 heterocycles. The summed E-state index contributed by atoms with van der Waals surface area (Å²) in [5, 5.41) is 9.26. The van der Waals surface area contributed by atoms with Crippen LogP contribution in [0.25, 0.3) is 22.3 Å². The topological polar surface area (TPSA) is 85.2 Å². The Morgan fingerprint density at radius 3 is 2.37 bits per heavy atom.